The minimum absolute atomic E-state index is 0.162. The summed E-state index contributed by atoms with van der Waals surface area (Å²) in [5.41, 5.74) is 0. The third-order valence-corrected chi connectivity index (χ3v) is 1.08. The van der Waals surface area contributed by atoms with Gasteiger partial charge in [-0.05, 0) is 21.0 Å². The van der Waals surface area contributed by atoms with Crippen LogP contribution in [0, 0.1) is 0 Å². The van der Waals surface area contributed by atoms with Crippen LogP contribution in [0.25, 0.3) is 0 Å². The lowest BCUT2D eigenvalue weighted by Crippen LogP contribution is -2.28. The number of carbonyl (C=O) groups is 1. The average molecular weight is 161 g/mol. The molecule has 0 saturated heterocycles. The highest BCUT2D eigenvalue weighted by atomic mass is 16.6. The molecule has 0 aromatic carbocycles. The molecule has 4 heteroatoms. The molecule has 1 atom stereocenters. The van der Waals surface area contributed by atoms with E-state index in [0.717, 1.165) is 0 Å². The van der Waals surface area contributed by atoms with E-state index in [4.69, 9.17) is 9.84 Å². The fourth-order valence-electron chi connectivity index (χ4n) is 0.813. The van der Waals surface area contributed by atoms with Crippen molar-refractivity contribution in [1.82, 2.24) is 4.90 Å². The Bertz CT molecular complexity index is 125. The van der Waals surface area contributed by atoms with E-state index in [2.05, 4.69) is 0 Å². The second-order valence-electron chi connectivity index (χ2n) is 2.72. The summed E-state index contributed by atoms with van der Waals surface area (Å²) in [5, 5.41) is 8.33. The number of aliphatic hydroxyl groups excluding tert-OH is 1. The van der Waals surface area contributed by atoms with Gasteiger partial charge in [-0.2, -0.15) is 0 Å². The zero-order valence-electron chi connectivity index (χ0n) is 7.20. The van der Waals surface area contributed by atoms with Gasteiger partial charge in [0.2, 0.25) is 0 Å². The van der Waals surface area contributed by atoms with Crippen LogP contribution in [0.3, 0.4) is 0 Å². The lowest BCUT2D eigenvalue weighted by molar-refractivity contribution is -0.152. The minimum Gasteiger partial charge on any atom is -0.460 e. The normalized spacial score (nSPS) is 13.2. The highest BCUT2D eigenvalue weighted by Gasteiger charge is 2.08. The first-order valence-corrected chi connectivity index (χ1v) is 3.51. The van der Waals surface area contributed by atoms with E-state index in [1.54, 1.807) is 6.92 Å². The number of esters is 1. The van der Waals surface area contributed by atoms with Gasteiger partial charge in [-0.25, -0.2) is 4.79 Å². The molecule has 0 aliphatic carbocycles. The van der Waals surface area contributed by atoms with Crippen LogP contribution in [0.5, 0.6) is 0 Å². The summed E-state index contributed by atoms with van der Waals surface area (Å²) in [6.45, 7) is 1.91. The first-order valence-electron chi connectivity index (χ1n) is 3.51. The van der Waals surface area contributed by atoms with Gasteiger partial charge in [0.1, 0.15) is 12.7 Å². The molecule has 0 radical (unpaired) electrons. The largest absolute Gasteiger partial charge is 0.460 e. The molecule has 0 fully saturated rings. The van der Waals surface area contributed by atoms with E-state index in [0.29, 0.717) is 6.54 Å². The zero-order valence-corrected chi connectivity index (χ0v) is 7.20. The molecule has 0 rings (SSSR count). The van der Waals surface area contributed by atoms with E-state index in [-0.39, 0.29) is 6.10 Å². The summed E-state index contributed by atoms with van der Waals surface area (Å²) < 4.78 is 4.78. The van der Waals surface area contributed by atoms with Gasteiger partial charge in [0.15, 0.2) is 0 Å². The molecule has 1 N–H and O–H groups in total. The molecule has 0 aromatic rings. The second-order valence-corrected chi connectivity index (χ2v) is 2.72. The van der Waals surface area contributed by atoms with Crippen molar-refractivity contribution < 1.29 is 14.6 Å². The number of hydrogen-bond acceptors (Lipinski definition) is 4. The Morgan fingerprint density at radius 3 is 2.55 bits per heavy atom. The van der Waals surface area contributed by atoms with Gasteiger partial charge in [0.25, 0.3) is 0 Å². The monoisotopic (exact) mass is 161 g/mol. The molecule has 0 aliphatic heterocycles. The van der Waals surface area contributed by atoms with Crippen molar-refractivity contribution in [1.29, 1.82) is 0 Å². The molecule has 0 saturated carbocycles. The lowest BCUT2D eigenvalue weighted by atomic mass is 10.4. The Morgan fingerprint density at radius 2 is 2.18 bits per heavy atom. The van der Waals surface area contributed by atoms with Crippen molar-refractivity contribution in [2.24, 2.45) is 0 Å². The van der Waals surface area contributed by atoms with Crippen LogP contribution in [-0.2, 0) is 9.53 Å². The maximum atomic E-state index is 10.5. The van der Waals surface area contributed by atoms with Gasteiger partial charge >= 0.3 is 5.97 Å². The molecule has 66 valence electrons. The number of likely N-dealkylation sites (N-methyl/N-ethyl adjacent to an activating group) is 1. The number of ether oxygens (including phenoxy) is 1. The van der Waals surface area contributed by atoms with Gasteiger partial charge in [-0.15, -0.1) is 0 Å². The van der Waals surface area contributed by atoms with Crippen molar-refractivity contribution in [2.45, 2.75) is 13.0 Å². The molecule has 0 bridgehead atoms. The third-order valence-electron chi connectivity index (χ3n) is 1.08. The summed E-state index contributed by atoms with van der Waals surface area (Å²) in [6.07, 6.45) is -0.162. The maximum Gasteiger partial charge on any atom is 0.332 e. The number of carbonyl (C=O) groups excluding carboxylic acids is 1. The van der Waals surface area contributed by atoms with Gasteiger partial charge in [-0.1, -0.05) is 0 Å². The van der Waals surface area contributed by atoms with Crippen LogP contribution in [0.4, 0.5) is 0 Å². The third kappa shape index (κ3) is 5.82. The number of aliphatic hydroxyl groups is 1. The Balaban J connectivity index is 3.51. The predicted molar refractivity (Wildman–Crippen MR) is 41.2 cm³/mol. The fourth-order valence-corrected chi connectivity index (χ4v) is 0.813. The number of rotatable bonds is 4. The molecule has 0 aliphatic rings. The summed E-state index contributed by atoms with van der Waals surface area (Å²) in [5.74, 6) is -0.570. The molecule has 1 unspecified atom stereocenters. The molecular weight excluding hydrogens is 146 g/mol. The minimum atomic E-state index is -0.570. The predicted octanol–water partition coefficient (Wildman–Crippen LogP) is -0.528. The molecule has 0 spiro atoms. The summed E-state index contributed by atoms with van der Waals surface area (Å²) in [6, 6.07) is 0. The first kappa shape index (κ1) is 10.4. The SMILES string of the molecule is CC(CN(C)C)OC(=O)CO. The van der Waals surface area contributed by atoms with Crippen LogP contribution in [0.1, 0.15) is 6.92 Å². The maximum absolute atomic E-state index is 10.5. The molecule has 0 amide bonds. The lowest BCUT2D eigenvalue weighted by Gasteiger charge is -2.16. The van der Waals surface area contributed by atoms with Crippen LogP contribution in [-0.4, -0.2) is 49.3 Å². The van der Waals surface area contributed by atoms with Gasteiger partial charge < -0.3 is 14.7 Å². The van der Waals surface area contributed by atoms with Crippen molar-refractivity contribution >= 4 is 5.97 Å². The standard InChI is InChI=1S/C7H15NO3/c1-6(4-8(2)3)11-7(10)5-9/h6,9H,4-5H2,1-3H3. The molecule has 0 heterocycles. The van der Waals surface area contributed by atoms with Crippen molar-refractivity contribution in [2.75, 3.05) is 27.2 Å². The van der Waals surface area contributed by atoms with Gasteiger partial charge in [0.05, 0.1) is 0 Å². The summed E-state index contributed by atoms with van der Waals surface area (Å²) in [7, 11) is 3.78. The van der Waals surface area contributed by atoms with Crippen LogP contribution in [0.15, 0.2) is 0 Å². The quantitative estimate of drug-likeness (QED) is 0.563. The van der Waals surface area contributed by atoms with Gasteiger partial charge in [0, 0.05) is 6.54 Å². The Hall–Kier alpha value is -0.610. The smallest absolute Gasteiger partial charge is 0.332 e. The van der Waals surface area contributed by atoms with Crippen LogP contribution >= 0.6 is 0 Å². The van der Waals surface area contributed by atoms with Crippen LogP contribution < -0.4 is 0 Å². The Labute approximate surface area is 66.8 Å². The molecule has 0 aromatic heterocycles. The molecule has 4 nitrogen and oxygen atoms in total. The molecule has 11 heavy (non-hydrogen) atoms. The Kier molecular flexibility index (Phi) is 4.81. The van der Waals surface area contributed by atoms with E-state index >= 15 is 0 Å². The second kappa shape index (κ2) is 5.09. The summed E-state index contributed by atoms with van der Waals surface area (Å²) >= 11 is 0. The number of nitrogens with zero attached hydrogens (tertiary/aromatic N) is 1. The van der Waals surface area contributed by atoms with E-state index in [1.165, 1.54) is 0 Å². The van der Waals surface area contributed by atoms with E-state index in [1.807, 2.05) is 19.0 Å². The first-order chi connectivity index (χ1) is 5.06. The van der Waals surface area contributed by atoms with Gasteiger partial charge in [-0.3, -0.25) is 0 Å². The highest BCUT2D eigenvalue weighted by Crippen LogP contribution is 1.92. The van der Waals surface area contributed by atoms with Crippen molar-refractivity contribution in [3.63, 3.8) is 0 Å². The molecular formula is C7H15NO3. The Morgan fingerprint density at radius 1 is 1.64 bits per heavy atom. The van der Waals surface area contributed by atoms with Crippen molar-refractivity contribution in [3.8, 4) is 0 Å². The summed E-state index contributed by atoms with van der Waals surface area (Å²) in [4.78, 5) is 12.4. The number of hydrogen-bond donors (Lipinski definition) is 1. The zero-order chi connectivity index (χ0) is 8.85. The van der Waals surface area contributed by atoms with E-state index in [9.17, 15) is 4.79 Å². The highest BCUT2D eigenvalue weighted by molar-refractivity contribution is 5.70. The van der Waals surface area contributed by atoms with Crippen LogP contribution in [0.2, 0.25) is 0 Å². The topological polar surface area (TPSA) is 49.8 Å². The average Bonchev–Trinajstić information content (AvgIpc) is 1.85. The van der Waals surface area contributed by atoms with E-state index < -0.39 is 12.6 Å². The van der Waals surface area contributed by atoms with Crippen molar-refractivity contribution in [3.05, 3.63) is 0 Å². The fraction of sp³-hybridized carbons (Fsp3) is 0.857.